The topological polar surface area (TPSA) is 61.5 Å². The molecule has 0 unspecified atom stereocenters. The van der Waals surface area contributed by atoms with Gasteiger partial charge in [0, 0.05) is 0 Å². The molecule has 0 aliphatic carbocycles. The number of hydrogen-bond donors (Lipinski definition) is 1. The van der Waals surface area contributed by atoms with E-state index in [-0.39, 0.29) is 23.6 Å². The van der Waals surface area contributed by atoms with Crippen molar-refractivity contribution in [3.63, 3.8) is 0 Å². The van der Waals surface area contributed by atoms with E-state index in [0.717, 1.165) is 0 Å². The van der Waals surface area contributed by atoms with Crippen LogP contribution in [0.15, 0.2) is 12.1 Å². The lowest BCUT2D eigenvalue weighted by atomic mass is 10.1. The third-order valence-electron chi connectivity index (χ3n) is 2.12. The van der Waals surface area contributed by atoms with Gasteiger partial charge in [0.25, 0.3) is 0 Å². The molecule has 0 radical (unpaired) electrons. The molecule has 2 N–H and O–H groups in total. The number of ether oxygens (including phenoxy) is 2. The van der Waals surface area contributed by atoms with Crippen molar-refractivity contribution in [2.24, 2.45) is 0 Å². The van der Waals surface area contributed by atoms with Crippen LogP contribution >= 0.6 is 0 Å². The summed E-state index contributed by atoms with van der Waals surface area (Å²) in [5.41, 5.74) is 6.18. The van der Waals surface area contributed by atoms with Crippen molar-refractivity contribution in [2.45, 2.75) is 20.5 Å². The van der Waals surface area contributed by atoms with Crippen molar-refractivity contribution in [1.82, 2.24) is 0 Å². The summed E-state index contributed by atoms with van der Waals surface area (Å²) in [7, 11) is 0. The lowest BCUT2D eigenvalue weighted by molar-refractivity contribution is -0.0504. The molecule has 0 bridgehead atoms. The number of alkyl halides is 2. The SMILES string of the molecule is CCOC(=O)c1c(OC(F)F)ccc(C)c1N. The predicted molar refractivity (Wildman–Crippen MR) is 58.2 cm³/mol. The Balaban J connectivity index is 3.21. The standard InChI is InChI=1S/C11H13F2NO3/c1-3-16-10(15)8-7(17-11(12)13)5-4-6(2)9(8)14/h4-5,11H,3,14H2,1-2H3. The van der Waals surface area contributed by atoms with E-state index in [0.29, 0.717) is 5.56 Å². The Morgan fingerprint density at radius 3 is 2.65 bits per heavy atom. The van der Waals surface area contributed by atoms with Gasteiger partial charge in [-0.2, -0.15) is 8.78 Å². The van der Waals surface area contributed by atoms with Gasteiger partial charge in [-0.05, 0) is 25.5 Å². The van der Waals surface area contributed by atoms with E-state index < -0.39 is 12.6 Å². The number of esters is 1. The first-order chi connectivity index (χ1) is 7.97. The van der Waals surface area contributed by atoms with Crippen LogP contribution in [0.25, 0.3) is 0 Å². The minimum Gasteiger partial charge on any atom is -0.462 e. The van der Waals surface area contributed by atoms with Crippen molar-refractivity contribution in [3.8, 4) is 5.75 Å². The molecule has 0 amide bonds. The van der Waals surface area contributed by atoms with Gasteiger partial charge in [0.1, 0.15) is 11.3 Å². The Kier molecular flexibility index (Phi) is 4.25. The quantitative estimate of drug-likeness (QED) is 0.653. The summed E-state index contributed by atoms with van der Waals surface area (Å²) in [6.45, 7) is 0.368. The van der Waals surface area contributed by atoms with Gasteiger partial charge < -0.3 is 15.2 Å². The maximum atomic E-state index is 12.2. The Hall–Kier alpha value is -1.85. The van der Waals surface area contributed by atoms with Gasteiger partial charge >= 0.3 is 12.6 Å². The largest absolute Gasteiger partial charge is 0.462 e. The molecule has 6 heteroatoms. The molecular weight excluding hydrogens is 232 g/mol. The van der Waals surface area contributed by atoms with Gasteiger partial charge in [-0.1, -0.05) is 6.07 Å². The van der Waals surface area contributed by atoms with Crippen molar-refractivity contribution in [1.29, 1.82) is 0 Å². The highest BCUT2D eigenvalue weighted by Crippen LogP contribution is 2.29. The number of anilines is 1. The average Bonchev–Trinajstić information content (AvgIpc) is 2.23. The van der Waals surface area contributed by atoms with E-state index >= 15 is 0 Å². The highest BCUT2D eigenvalue weighted by Gasteiger charge is 2.21. The zero-order chi connectivity index (χ0) is 13.0. The zero-order valence-electron chi connectivity index (χ0n) is 9.50. The second kappa shape index (κ2) is 5.47. The van der Waals surface area contributed by atoms with E-state index in [9.17, 15) is 13.6 Å². The zero-order valence-corrected chi connectivity index (χ0v) is 9.50. The van der Waals surface area contributed by atoms with Crippen LogP contribution in [0.5, 0.6) is 5.75 Å². The number of rotatable bonds is 4. The van der Waals surface area contributed by atoms with Crippen molar-refractivity contribution < 1.29 is 23.0 Å². The summed E-state index contributed by atoms with van der Waals surface area (Å²) in [4.78, 5) is 11.6. The summed E-state index contributed by atoms with van der Waals surface area (Å²) >= 11 is 0. The molecule has 0 aliphatic rings. The minimum absolute atomic E-state index is 0.0848. The molecule has 17 heavy (non-hydrogen) atoms. The number of nitrogen functional groups attached to an aromatic ring is 1. The maximum Gasteiger partial charge on any atom is 0.387 e. The van der Waals surface area contributed by atoms with Crippen LogP contribution in [0.4, 0.5) is 14.5 Å². The Bertz CT molecular complexity index is 421. The summed E-state index contributed by atoms with van der Waals surface area (Å²) in [6.07, 6.45) is 0. The van der Waals surface area contributed by atoms with E-state index in [2.05, 4.69) is 4.74 Å². The monoisotopic (exact) mass is 245 g/mol. The first kappa shape index (κ1) is 13.2. The van der Waals surface area contributed by atoms with E-state index in [4.69, 9.17) is 10.5 Å². The number of nitrogens with two attached hydrogens (primary N) is 1. The molecule has 0 saturated heterocycles. The molecule has 1 aromatic rings. The van der Waals surface area contributed by atoms with Gasteiger partial charge in [-0.3, -0.25) is 0 Å². The average molecular weight is 245 g/mol. The highest BCUT2D eigenvalue weighted by molar-refractivity contribution is 5.98. The smallest absolute Gasteiger partial charge is 0.387 e. The van der Waals surface area contributed by atoms with E-state index in [1.807, 2.05) is 0 Å². The van der Waals surface area contributed by atoms with E-state index in [1.165, 1.54) is 12.1 Å². The second-order valence-corrected chi connectivity index (χ2v) is 3.27. The summed E-state index contributed by atoms with van der Waals surface area (Å²) < 4.78 is 33.3. The van der Waals surface area contributed by atoms with Crippen LogP contribution in [0, 0.1) is 6.92 Å². The molecule has 94 valence electrons. The van der Waals surface area contributed by atoms with Gasteiger partial charge in [-0.15, -0.1) is 0 Å². The van der Waals surface area contributed by atoms with Crippen LogP contribution < -0.4 is 10.5 Å². The number of carbonyl (C=O) groups excluding carboxylic acids is 1. The van der Waals surface area contributed by atoms with Crippen LogP contribution in [0.3, 0.4) is 0 Å². The number of carbonyl (C=O) groups is 1. The van der Waals surface area contributed by atoms with Gasteiger partial charge in [0.2, 0.25) is 0 Å². The molecule has 0 fully saturated rings. The fourth-order valence-corrected chi connectivity index (χ4v) is 1.31. The van der Waals surface area contributed by atoms with Crippen molar-refractivity contribution in [3.05, 3.63) is 23.3 Å². The predicted octanol–water partition coefficient (Wildman–Crippen LogP) is 2.36. The van der Waals surface area contributed by atoms with Gasteiger partial charge in [0.15, 0.2) is 0 Å². The number of halogens is 2. The normalized spacial score (nSPS) is 10.4. The summed E-state index contributed by atoms with van der Waals surface area (Å²) in [5.74, 6) is -1.05. The van der Waals surface area contributed by atoms with Crippen LogP contribution in [-0.4, -0.2) is 19.2 Å². The maximum absolute atomic E-state index is 12.2. The highest BCUT2D eigenvalue weighted by atomic mass is 19.3. The number of benzene rings is 1. The van der Waals surface area contributed by atoms with Gasteiger partial charge in [0.05, 0.1) is 12.3 Å². The third kappa shape index (κ3) is 3.05. The summed E-state index contributed by atoms with van der Waals surface area (Å²) in [5, 5.41) is 0. The Morgan fingerprint density at radius 1 is 1.47 bits per heavy atom. The van der Waals surface area contributed by atoms with Crippen LogP contribution in [0.2, 0.25) is 0 Å². The molecule has 0 aliphatic heterocycles. The lowest BCUT2D eigenvalue weighted by Crippen LogP contribution is -2.13. The van der Waals surface area contributed by atoms with E-state index in [1.54, 1.807) is 13.8 Å². The molecule has 0 spiro atoms. The third-order valence-corrected chi connectivity index (χ3v) is 2.12. The molecule has 0 aromatic heterocycles. The fraction of sp³-hybridized carbons (Fsp3) is 0.364. The number of hydrogen-bond acceptors (Lipinski definition) is 4. The first-order valence-electron chi connectivity index (χ1n) is 4.98. The molecule has 1 aromatic carbocycles. The molecular formula is C11H13F2NO3. The van der Waals surface area contributed by atoms with Gasteiger partial charge in [-0.25, -0.2) is 4.79 Å². The van der Waals surface area contributed by atoms with Crippen molar-refractivity contribution in [2.75, 3.05) is 12.3 Å². The number of aryl methyl sites for hydroxylation is 1. The molecule has 0 heterocycles. The summed E-state index contributed by atoms with van der Waals surface area (Å²) in [6, 6.07) is 2.76. The first-order valence-corrected chi connectivity index (χ1v) is 4.98. The second-order valence-electron chi connectivity index (χ2n) is 3.27. The molecule has 4 nitrogen and oxygen atoms in total. The molecule has 0 saturated carbocycles. The Morgan fingerprint density at radius 2 is 2.12 bits per heavy atom. The Labute approximate surface area is 97.3 Å². The fourth-order valence-electron chi connectivity index (χ4n) is 1.31. The van der Waals surface area contributed by atoms with Crippen LogP contribution in [0.1, 0.15) is 22.8 Å². The van der Waals surface area contributed by atoms with Crippen LogP contribution in [-0.2, 0) is 4.74 Å². The minimum atomic E-state index is -3.02. The lowest BCUT2D eigenvalue weighted by Gasteiger charge is -2.13. The molecule has 0 atom stereocenters. The molecule has 1 rings (SSSR count). The van der Waals surface area contributed by atoms with Crippen molar-refractivity contribution >= 4 is 11.7 Å².